The highest BCUT2D eigenvalue weighted by molar-refractivity contribution is 7.21. The van der Waals surface area contributed by atoms with Crippen LogP contribution in [0.4, 0.5) is 11.8 Å². The molecule has 3 aromatic rings. The third kappa shape index (κ3) is 4.40. The SMILES string of the molecule is Cc1cc2sc(-c3c(C)nc(NC(C)C4CC4)nc3NC3CC(CO)C(O)C3O)nc2cn1. The first-order valence-electron chi connectivity index (χ1n) is 11.5. The molecule has 5 N–H and O–H groups in total. The number of nitrogens with one attached hydrogen (secondary N) is 2. The van der Waals surface area contributed by atoms with Gasteiger partial charge in [0.25, 0.3) is 0 Å². The Morgan fingerprint density at radius 1 is 1.15 bits per heavy atom. The number of hydrogen-bond donors (Lipinski definition) is 5. The van der Waals surface area contributed by atoms with E-state index >= 15 is 0 Å². The van der Waals surface area contributed by atoms with Crippen LogP contribution in [0.15, 0.2) is 12.3 Å². The highest BCUT2D eigenvalue weighted by Gasteiger charge is 2.41. The van der Waals surface area contributed by atoms with Gasteiger partial charge in [0.2, 0.25) is 5.95 Å². The number of thiazole rings is 1. The summed E-state index contributed by atoms with van der Waals surface area (Å²) in [7, 11) is 0. The Morgan fingerprint density at radius 3 is 2.64 bits per heavy atom. The van der Waals surface area contributed by atoms with E-state index in [1.165, 1.54) is 12.8 Å². The number of fused-ring (bicyclic) bond motifs is 1. The van der Waals surface area contributed by atoms with Crippen molar-refractivity contribution < 1.29 is 15.3 Å². The lowest BCUT2D eigenvalue weighted by atomic mass is 10.1. The van der Waals surface area contributed by atoms with Crippen LogP contribution in [-0.4, -0.2) is 66.2 Å². The van der Waals surface area contributed by atoms with Crippen LogP contribution < -0.4 is 10.6 Å². The lowest BCUT2D eigenvalue weighted by molar-refractivity contribution is 0.00446. The van der Waals surface area contributed by atoms with Crippen molar-refractivity contribution in [3.63, 3.8) is 0 Å². The number of aromatic nitrogens is 4. The molecule has 5 atom stereocenters. The van der Waals surface area contributed by atoms with Crippen molar-refractivity contribution in [1.82, 2.24) is 19.9 Å². The fraction of sp³-hybridized carbons (Fsp3) is 0.565. The van der Waals surface area contributed by atoms with Crippen molar-refractivity contribution in [2.75, 3.05) is 17.2 Å². The summed E-state index contributed by atoms with van der Waals surface area (Å²) in [6.07, 6.45) is 2.64. The quantitative estimate of drug-likeness (QED) is 0.353. The fourth-order valence-electron chi connectivity index (χ4n) is 4.58. The molecule has 2 aliphatic rings. The van der Waals surface area contributed by atoms with Crippen LogP contribution in [0, 0.1) is 25.7 Å². The van der Waals surface area contributed by atoms with Crippen LogP contribution in [0.5, 0.6) is 0 Å². The minimum absolute atomic E-state index is 0.179. The van der Waals surface area contributed by atoms with Crippen LogP contribution in [-0.2, 0) is 0 Å². The Kier molecular flexibility index (Phi) is 5.94. The lowest BCUT2D eigenvalue weighted by Gasteiger charge is -2.22. The van der Waals surface area contributed by atoms with E-state index in [1.807, 2.05) is 19.9 Å². The van der Waals surface area contributed by atoms with Crippen molar-refractivity contribution in [2.45, 2.75) is 64.3 Å². The van der Waals surface area contributed by atoms with E-state index in [2.05, 4.69) is 22.5 Å². The number of hydrogen-bond acceptors (Lipinski definition) is 10. The van der Waals surface area contributed by atoms with Gasteiger partial charge >= 0.3 is 0 Å². The highest BCUT2D eigenvalue weighted by atomic mass is 32.1. The van der Waals surface area contributed by atoms with E-state index in [0.717, 1.165) is 32.2 Å². The number of aliphatic hydroxyl groups excluding tert-OH is 3. The Balaban J connectivity index is 1.54. The van der Waals surface area contributed by atoms with Gasteiger partial charge in [-0.2, -0.15) is 4.98 Å². The summed E-state index contributed by atoms with van der Waals surface area (Å²) in [5.74, 6) is 1.35. The zero-order chi connectivity index (χ0) is 23.3. The Hall–Kier alpha value is -2.40. The molecule has 0 amide bonds. The highest BCUT2D eigenvalue weighted by Crippen LogP contribution is 2.39. The first kappa shape index (κ1) is 22.4. The van der Waals surface area contributed by atoms with E-state index in [4.69, 9.17) is 15.0 Å². The Morgan fingerprint density at radius 2 is 1.94 bits per heavy atom. The molecule has 0 bridgehead atoms. The molecule has 2 aliphatic carbocycles. The molecule has 2 fully saturated rings. The van der Waals surface area contributed by atoms with Gasteiger partial charge in [-0.1, -0.05) is 0 Å². The molecule has 3 heterocycles. The van der Waals surface area contributed by atoms with Gasteiger partial charge in [-0.3, -0.25) is 4.98 Å². The minimum Gasteiger partial charge on any atom is -0.396 e. The van der Waals surface area contributed by atoms with Gasteiger partial charge in [-0.15, -0.1) is 11.3 Å². The summed E-state index contributed by atoms with van der Waals surface area (Å²) in [5, 5.41) is 38.0. The third-order valence-corrected chi connectivity index (χ3v) is 7.80. The average molecular weight is 471 g/mol. The van der Waals surface area contributed by atoms with Crippen molar-refractivity contribution >= 4 is 33.3 Å². The van der Waals surface area contributed by atoms with Crippen molar-refractivity contribution in [3.05, 3.63) is 23.7 Å². The molecule has 5 rings (SSSR count). The van der Waals surface area contributed by atoms with E-state index in [-0.39, 0.29) is 18.6 Å². The van der Waals surface area contributed by atoms with E-state index in [9.17, 15) is 15.3 Å². The second kappa shape index (κ2) is 8.75. The molecule has 5 unspecified atom stereocenters. The number of nitrogens with zero attached hydrogens (tertiary/aromatic N) is 4. The molecular weight excluding hydrogens is 440 g/mol. The summed E-state index contributed by atoms with van der Waals surface area (Å²) >= 11 is 1.55. The monoisotopic (exact) mass is 470 g/mol. The zero-order valence-corrected chi connectivity index (χ0v) is 19.8. The van der Waals surface area contributed by atoms with Gasteiger partial charge in [-0.25, -0.2) is 9.97 Å². The normalized spacial score (nSPS) is 26.0. The number of anilines is 2. The lowest BCUT2D eigenvalue weighted by Crippen LogP contribution is -2.36. The first-order chi connectivity index (χ1) is 15.8. The molecule has 33 heavy (non-hydrogen) atoms. The molecule has 0 aromatic carbocycles. The second-order valence-electron chi connectivity index (χ2n) is 9.35. The van der Waals surface area contributed by atoms with E-state index < -0.39 is 18.2 Å². The predicted octanol–water partition coefficient (Wildman–Crippen LogP) is 2.49. The van der Waals surface area contributed by atoms with Gasteiger partial charge in [0.15, 0.2) is 0 Å². The molecule has 3 aromatic heterocycles. The molecule has 0 radical (unpaired) electrons. The predicted molar refractivity (Wildman–Crippen MR) is 128 cm³/mol. The summed E-state index contributed by atoms with van der Waals surface area (Å²) in [6.45, 7) is 5.85. The number of aryl methyl sites for hydroxylation is 2. The van der Waals surface area contributed by atoms with Gasteiger partial charge in [0, 0.05) is 24.3 Å². The summed E-state index contributed by atoms with van der Waals surface area (Å²) in [6, 6.07) is 1.84. The molecule has 176 valence electrons. The van der Waals surface area contributed by atoms with Crippen LogP contribution >= 0.6 is 11.3 Å². The third-order valence-electron chi connectivity index (χ3n) is 6.76. The van der Waals surface area contributed by atoms with Crippen LogP contribution in [0.2, 0.25) is 0 Å². The average Bonchev–Trinajstić information content (AvgIpc) is 3.50. The van der Waals surface area contributed by atoms with Crippen molar-refractivity contribution in [1.29, 1.82) is 0 Å². The maximum atomic E-state index is 10.6. The van der Waals surface area contributed by atoms with Gasteiger partial charge in [-0.05, 0) is 52.0 Å². The fourth-order valence-corrected chi connectivity index (χ4v) is 5.71. The molecule has 2 saturated carbocycles. The number of rotatable bonds is 7. The van der Waals surface area contributed by atoms with E-state index in [0.29, 0.717) is 24.1 Å². The first-order valence-corrected chi connectivity index (χ1v) is 12.3. The smallest absolute Gasteiger partial charge is 0.225 e. The Bertz CT molecular complexity index is 1170. The summed E-state index contributed by atoms with van der Waals surface area (Å²) in [5.41, 5.74) is 3.28. The van der Waals surface area contributed by atoms with E-state index in [1.54, 1.807) is 17.5 Å². The summed E-state index contributed by atoms with van der Waals surface area (Å²) in [4.78, 5) is 18.6. The molecule has 0 saturated heterocycles. The standard InChI is InChI=1S/C23H30N6O3S/c1-10-6-17-16(8-24-10)28-22(33-17)18-12(3)26-23(25-11(2)13-4-5-13)29-21(18)27-15-7-14(9-30)19(31)20(15)32/h6,8,11,13-15,19-20,30-32H,4-5,7,9H2,1-3H3,(H2,25,26,27,29). The van der Waals surface area contributed by atoms with Gasteiger partial charge < -0.3 is 26.0 Å². The van der Waals surface area contributed by atoms with Gasteiger partial charge in [0.1, 0.15) is 22.4 Å². The largest absolute Gasteiger partial charge is 0.396 e. The zero-order valence-electron chi connectivity index (χ0n) is 19.0. The van der Waals surface area contributed by atoms with Crippen LogP contribution in [0.1, 0.15) is 37.6 Å². The minimum atomic E-state index is -1.01. The van der Waals surface area contributed by atoms with Gasteiger partial charge in [0.05, 0.1) is 34.3 Å². The van der Waals surface area contributed by atoms with Crippen LogP contribution in [0.25, 0.3) is 20.8 Å². The maximum Gasteiger partial charge on any atom is 0.225 e. The number of pyridine rings is 1. The second-order valence-corrected chi connectivity index (χ2v) is 10.4. The summed E-state index contributed by atoms with van der Waals surface area (Å²) < 4.78 is 1.03. The van der Waals surface area contributed by atoms with Crippen molar-refractivity contribution in [3.8, 4) is 10.6 Å². The molecular formula is C23H30N6O3S. The Labute approximate surface area is 196 Å². The van der Waals surface area contributed by atoms with Crippen LogP contribution in [0.3, 0.4) is 0 Å². The van der Waals surface area contributed by atoms with Crippen molar-refractivity contribution in [2.24, 2.45) is 11.8 Å². The number of aliphatic hydroxyl groups is 3. The molecule has 10 heteroatoms. The molecule has 0 spiro atoms. The topological polar surface area (TPSA) is 136 Å². The maximum absolute atomic E-state index is 10.6. The molecule has 9 nitrogen and oxygen atoms in total. The molecule has 0 aliphatic heterocycles.